The number of benzene rings is 1. The summed E-state index contributed by atoms with van der Waals surface area (Å²) in [5, 5.41) is 3.30. The van der Waals surface area contributed by atoms with E-state index in [1.807, 2.05) is 0 Å². The highest BCUT2D eigenvalue weighted by Gasteiger charge is 2.08. The highest BCUT2D eigenvalue weighted by molar-refractivity contribution is 6.42. The Morgan fingerprint density at radius 2 is 2.00 bits per heavy atom. The Balaban J connectivity index is 2.45. The maximum atomic E-state index is 11.7. The molecule has 18 heavy (non-hydrogen) atoms. The van der Waals surface area contributed by atoms with Gasteiger partial charge in [-0.1, -0.05) is 23.2 Å². The number of ether oxygens (including phenoxy) is 1. The summed E-state index contributed by atoms with van der Waals surface area (Å²) in [4.78, 5) is 22.7. The second kappa shape index (κ2) is 7.24. The fourth-order valence-corrected chi connectivity index (χ4v) is 1.55. The van der Waals surface area contributed by atoms with Crippen LogP contribution in [0.3, 0.4) is 0 Å². The summed E-state index contributed by atoms with van der Waals surface area (Å²) < 4.78 is 4.74. The molecule has 0 saturated heterocycles. The fourth-order valence-electron chi connectivity index (χ4n) is 1.25. The monoisotopic (exact) mass is 289 g/mol. The van der Waals surface area contributed by atoms with E-state index >= 15 is 0 Å². The van der Waals surface area contributed by atoms with Crippen molar-refractivity contribution in [3.05, 3.63) is 33.8 Å². The zero-order chi connectivity index (χ0) is 13.5. The zero-order valence-electron chi connectivity index (χ0n) is 9.83. The van der Waals surface area contributed by atoms with E-state index in [0.29, 0.717) is 22.2 Å². The molecule has 0 aliphatic rings. The maximum absolute atomic E-state index is 11.7. The van der Waals surface area contributed by atoms with Gasteiger partial charge >= 0.3 is 5.97 Å². The van der Waals surface area contributed by atoms with Crippen molar-refractivity contribution in [1.29, 1.82) is 0 Å². The first kappa shape index (κ1) is 14.8. The molecule has 0 unspecified atom stereocenters. The van der Waals surface area contributed by atoms with Crippen LogP contribution in [-0.4, -0.2) is 25.0 Å². The molecule has 0 aromatic heterocycles. The predicted molar refractivity (Wildman–Crippen MR) is 70.0 cm³/mol. The minimum Gasteiger partial charge on any atom is -0.466 e. The molecule has 0 spiro atoms. The van der Waals surface area contributed by atoms with Gasteiger partial charge in [0.1, 0.15) is 0 Å². The quantitative estimate of drug-likeness (QED) is 0.848. The topological polar surface area (TPSA) is 55.4 Å². The van der Waals surface area contributed by atoms with Gasteiger partial charge in [-0.05, 0) is 25.1 Å². The Labute approximate surface area is 115 Å². The van der Waals surface area contributed by atoms with Gasteiger partial charge in [0.05, 0.1) is 23.1 Å². The first-order valence-corrected chi connectivity index (χ1v) is 6.19. The molecule has 4 nitrogen and oxygen atoms in total. The second-order valence-corrected chi connectivity index (χ2v) is 4.25. The lowest BCUT2D eigenvalue weighted by Gasteiger charge is -2.06. The van der Waals surface area contributed by atoms with E-state index in [1.165, 1.54) is 6.07 Å². The molecule has 0 aliphatic carbocycles. The predicted octanol–water partition coefficient (Wildman–Crippen LogP) is 2.68. The second-order valence-electron chi connectivity index (χ2n) is 3.44. The van der Waals surface area contributed by atoms with Crippen LogP contribution >= 0.6 is 23.2 Å². The third-order valence-electron chi connectivity index (χ3n) is 2.10. The van der Waals surface area contributed by atoms with Crippen molar-refractivity contribution in [2.45, 2.75) is 13.3 Å². The van der Waals surface area contributed by atoms with Crippen LogP contribution in [0.4, 0.5) is 0 Å². The van der Waals surface area contributed by atoms with Crippen molar-refractivity contribution in [2.75, 3.05) is 13.2 Å². The van der Waals surface area contributed by atoms with Crippen LogP contribution in [0.25, 0.3) is 0 Å². The molecule has 1 aromatic rings. The first-order valence-electron chi connectivity index (χ1n) is 5.43. The molecular weight excluding hydrogens is 277 g/mol. The highest BCUT2D eigenvalue weighted by atomic mass is 35.5. The van der Waals surface area contributed by atoms with Crippen molar-refractivity contribution < 1.29 is 14.3 Å². The minimum absolute atomic E-state index is 0.140. The van der Waals surface area contributed by atoms with Crippen LogP contribution in [-0.2, 0) is 9.53 Å². The van der Waals surface area contributed by atoms with Gasteiger partial charge in [-0.2, -0.15) is 0 Å². The van der Waals surface area contributed by atoms with E-state index in [-0.39, 0.29) is 24.8 Å². The smallest absolute Gasteiger partial charge is 0.307 e. The summed E-state index contributed by atoms with van der Waals surface area (Å²) in [6, 6.07) is 4.58. The maximum Gasteiger partial charge on any atom is 0.307 e. The van der Waals surface area contributed by atoms with Gasteiger partial charge in [-0.3, -0.25) is 9.59 Å². The molecule has 0 atom stereocenters. The van der Waals surface area contributed by atoms with Crippen molar-refractivity contribution in [3.63, 3.8) is 0 Å². The van der Waals surface area contributed by atoms with E-state index in [4.69, 9.17) is 27.9 Å². The third-order valence-corrected chi connectivity index (χ3v) is 2.84. The van der Waals surface area contributed by atoms with E-state index < -0.39 is 0 Å². The molecule has 0 fully saturated rings. The van der Waals surface area contributed by atoms with Gasteiger partial charge in [0.15, 0.2) is 0 Å². The molecule has 1 amide bonds. The molecule has 98 valence electrons. The van der Waals surface area contributed by atoms with Gasteiger partial charge in [0, 0.05) is 12.1 Å². The normalized spacial score (nSPS) is 9.94. The fraction of sp³-hybridized carbons (Fsp3) is 0.333. The van der Waals surface area contributed by atoms with Gasteiger partial charge in [0.25, 0.3) is 5.91 Å². The molecule has 1 rings (SSSR count). The van der Waals surface area contributed by atoms with Crippen LogP contribution in [0, 0.1) is 0 Å². The summed E-state index contributed by atoms with van der Waals surface area (Å²) >= 11 is 11.5. The lowest BCUT2D eigenvalue weighted by molar-refractivity contribution is -0.142. The van der Waals surface area contributed by atoms with Gasteiger partial charge in [-0.25, -0.2) is 0 Å². The van der Waals surface area contributed by atoms with Crippen LogP contribution in [0.5, 0.6) is 0 Å². The van der Waals surface area contributed by atoms with E-state index in [9.17, 15) is 9.59 Å². The van der Waals surface area contributed by atoms with Crippen LogP contribution in [0.15, 0.2) is 18.2 Å². The Kier molecular flexibility index (Phi) is 5.95. The Morgan fingerprint density at radius 1 is 1.28 bits per heavy atom. The number of hydrogen-bond donors (Lipinski definition) is 1. The Morgan fingerprint density at radius 3 is 2.61 bits per heavy atom. The number of halogens is 2. The molecule has 6 heteroatoms. The van der Waals surface area contributed by atoms with Crippen LogP contribution in [0.2, 0.25) is 10.0 Å². The Hall–Kier alpha value is -1.26. The molecule has 0 saturated carbocycles. The number of hydrogen-bond acceptors (Lipinski definition) is 3. The molecule has 0 heterocycles. The molecular formula is C12H13Cl2NO3. The largest absolute Gasteiger partial charge is 0.466 e. The molecule has 1 N–H and O–H groups in total. The standard InChI is InChI=1S/C12H13Cl2NO3/c1-2-18-11(16)5-6-15-12(17)8-3-4-9(13)10(14)7-8/h3-4,7H,2,5-6H2,1H3,(H,15,17). The van der Waals surface area contributed by atoms with Crippen molar-refractivity contribution in [3.8, 4) is 0 Å². The molecule has 1 aromatic carbocycles. The average Bonchev–Trinajstić information content (AvgIpc) is 2.33. The van der Waals surface area contributed by atoms with E-state index in [0.717, 1.165) is 0 Å². The number of carbonyl (C=O) groups is 2. The van der Waals surface area contributed by atoms with Crippen LogP contribution < -0.4 is 5.32 Å². The summed E-state index contributed by atoms with van der Waals surface area (Å²) in [5.41, 5.74) is 0.397. The first-order chi connectivity index (χ1) is 8.54. The van der Waals surface area contributed by atoms with Gasteiger partial charge < -0.3 is 10.1 Å². The Bertz CT molecular complexity index is 449. The SMILES string of the molecule is CCOC(=O)CCNC(=O)c1ccc(Cl)c(Cl)c1. The summed E-state index contributed by atoms with van der Waals surface area (Å²) in [6.07, 6.45) is 0.140. The molecule has 0 bridgehead atoms. The number of amides is 1. The lowest BCUT2D eigenvalue weighted by atomic mass is 10.2. The van der Waals surface area contributed by atoms with Gasteiger partial charge in [0.2, 0.25) is 0 Å². The lowest BCUT2D eigenvalue weighted by Crippen LogP contribution is -2.26. The zero-order valence-corrected chi connectivity index (χ0v) is 11.3. The average molecular weight is 290 g/mol. The molecule has 0 aliphatic heterocycles. The van der Waals surface area contributed by atoms with E-state index in [2.05, 4.69) is 5.32 Å². The summed E-state index contributed by atoms with van der Waals surface area (Å²) in [5.74, 6) is -0.648. The van der Waals surface area contributed by atoms with Gasteiger partial charge in [-0.15, -0.1) is 0 Å². The number of carbonyl (C=O) groups excluding carboxylic acids is 2. The summed E-state index contributed by atoms with van der Waals surface area (Å²) in [6.45, 7) is 2.28. The van der Waals surface area contributed by atoms with Crippen molar-refractivity contribution >= 4 is 35.1 Å². The number of esters is 1. The summed E-state index contributed by atoms with van der Waals surface area (Å²) in [7, 11) is 0. The minimum atomic E-state index is -0.341. The van der Waals surface area contributed by atoms with E-state index in [1.54, 1.807) is 19.1 Å². The molecule has 0 radical (unpaired) electrons. The number of rotatable bonds is 5. The van der Waals surface area contributed by atoms with Crippen LogP contribution in [0.1, 0.15) is 23.7 Å². The third kappa shape index (κ3) is 4.55. The number of nitrogens with one attached hydrogen (secondary N) is 1. The van der Waals surface area contributed by atoms with Crippen molar-refractivity contribution in [1.82, 2.24) is 5.32 Å². The highest BCUT2D eigenvalue weighted by Crippen LogP contribution is 2.22. The van der Waals surface area contributed by atoms with Crippen molar-refractivity contribution in [2.24, 2.45) is 0 Å².